The third-order valence-corrected chi connectivity index (χ3v) is 4.51. The lowest BCUT2D eigenvalue weighted by Gasteiger charge is -2.17. The van der Waals surface area contributed by atoms with Crippen molar-refractivity contribution in [1.29, 1.82) is 10.7 Å². The second kappa shape index (κ2) is 7.22. The summed E-state index contributed by atoms with van der Waals surface area (Å²) in [5.41, 5.74) is 3.53. The van der Waals surface area contributed by atoms with Crippen LogP contribution < -0.4 is 5.32 Å². The molecule has 5 nitrogen and oxygen atoms in total. The Morgan fingerprint density at radius 2 is 2.00 bits per heavy atom. The highest BCUT2D eigenvalue weighted by Crippen LogP contribution is 2.37. The van der Waals surface area contributed by atoms with Crippen molar-refractivity contribution in [2.75, 3.05) is 5.32 Å². The van der Waals surface area contributed by atoms with E-state index in [0.29, 0.717) is 12.8 Å². The van der Waals surface area contributed by atoms with E-state index in [0.717, 1.165) is 28.6 Å². The van der Waals surface area contributed by atoms with Gasteiger partial charge in [0.05, 0.1) is 5.57 Å². The zero-order valence-corrected chi connectivity index (χ0v) is 14.1. The van der Waals surface area contributed by atoms with E-state index in [4.69, 9.17) is 10.7 Å². The van der Waals surface area contributed by atoms with Crippen molar-refractivity contribution in [2.45, 2.75) is 39.5 Å². The normalized spacial score (nSPS) is 20.8. The summed E-state index contributed by atoms with van der Waals surface area (Å²) >= 11 is 0. The molecule has 2 atom stereocenters. The maximum atomic E-state index is 12.5. The summed E-state index contributed by atoms with van der Waals surface area (Å²) in [7, 11) is 0. The van der Waals surface area contributed by atoms with E-state index < -0.39 is 5.92 Å². The summed E-state index contributed by atoms with van der Waals surface area (Å²) in [6.07, 6.45) is 3.47. The van der Waals surface area contributed by atoms with Gasteiger partial charge in [-0.3, -0.25) is 9.59 Å². The van der Waals surface area contributed by atoms with E-state index >= 15 is 0 Å². The summed E-state index contributed by atoms with van der Waals surface area (Å²) in [5, 5.41) is 18.9. The summed E-state index contributed by atoms with van der Waals surface area (Å²) in [5.74, 6) is -0.761. The van der Waals surface area contributed by atoms with Crippen LogP contribution in [0.25, 0.3) is 0 Å². The van der Waals surface area contributed by atoms with Gasteiger partial charge in [-0.05, 0) is 49.1 Å². The predicted molar refractivity (Wildman–Crippen MR) is 93.2 cm³/mol. The van der Waals surface area contributed by atoms with Gasteiger partial charge in [0, 0.05) is 30.4 Å². The van der Waals surface area contributed by atoms with Crippen molar-refractivity contribution in [3.8, 4) is 6.07 Å². The highest BCUT2D eigenvalue weighted by molar-refractivity contribution is 6.15. The van der Waals surface area contributed by atoms with Gasteiger partial charge in [0.2, 0.25) is 0 Å². The number of aryl methyl sites for hydroxylation is 2. The van der Waals surface area contributed by atoms with Crippen LogP contribution in [-0.4, -0.2) is 17.8 Å². The molecule has 0 heterocycles. The lowest BCUT2D eigenvalue weighted by molar-refractivity contribution is -0.124. The van der Waals surface area contributed by atoms with Gasteiger partial charge in [-0.2, -0.15) is 5.26 Å². The molecule has 0 aliphatic heterocycles. The molecular weight excluding hydrogens is 302 g/mol. The van der Waals surface area contributed by atoms with E-state index in [1.165, 1.54) is 6.20 Å². The van der Waals surface area contributed by atoms with E-state index in [9.17, 15) is 9.59 Å². The highest BCUT2D eigenvalue weighted by Gasteiger charge is 2.42. The number of nitrogens with zero attached hydrogens (tertiary/aromatic N) is 1. The van der Waals surface area contributed by atoms with Crippen LogP contribution in [0.1, 0.15) is 42.4 Å². The van der Waals surface area contributed by atoms with Crippen molar-refractivity contribution in [3.05, 3.63) is 40.6 Å². The topological polar surface area (TPSA) is 93.8 Å². The summed E-state index contributed by atoms with van der Waals surface area (Å²) < 4.78 is 0. The van der Waals surface area contributed by atoms with Crippen LogP contribution in [0.2, 0.25) is 0 Å². The first-order chi connectivity index (χ1) is 11.4. The molecule has 0 bridgehead atoms. The van der Waals surface area contributed by atoms with Crippen LogP contribution in [0.15, 0.2) is 23.9 Å². The zero-order valence-electron chi connectivity index (χ0n) is 14.1. The van der Waals surface area contributed by atoms with Crippen molar-refractivity contribution in [1.82, 2.24) is 0 Å². The number of carbonyl (C=O) groups excluding carboxylic acids is 2. The van der Waals surface area contributed by atoms with Crippen LogP contribution in [0, 0.1) is 36.5 Å². The fraction of sp³-hybridized carbons (Fsp3) is 0.368. The predicted octanol–water partition coefficient (Wildman–Crippen LogP) is 3.42. The van der Waals surface area contributed by atoms with Crippen molar-refractivity contribution in [2.24, 2.45) is 5.92 Å². The number of nitriles is 1. The number of hydrogen-bond acceptors (Lipinski definition) is 5. The average molecular weight is 323 g/mol. The third-order valence-electron chi connectivity index (χ3n) is 4.51. The second-order valence-electron chi connectivity index (χ2n) is 6.13. The molecule has 2 rings (SSSR count). The number of rotatable bonds is 5. The molecule has 0 saturated heterocycles. The average Bonchev–Trinajstić information content (AvgIpc) is 2.83. The molecule has 0 spiro atoms. The zero-order chi connectivity index (χ0) is 17.9. The van der Waals surface area contributed by atoms with Crippen LogP contribution in [-0.2, 0) is 9.59 Å². The van der Waals surface area contributed by atoms with Gasteiger partial charge >= 0.3 is 0 Å². The van der Waals surface area contributed by atoms with Gasteiger partial charge in [-0.25, -0.2) is 0 Å². The molecule has 0 radical (unpaired) electrons. The minimum atomic E-state index is -0.643. The first kappa shape index (κ1) is 17.6. The van der Waals surface area contributed by atoms with Crippen molar-refractivity contribution in [3.63, 3.8) is 0 Å². The monoisotopic (exact) mass is 323 g/mol. The SMILES string of the molecule is CCC1CC(=O)C(c2c(C)cc(N/C=C(/C#N)C=N)cc2C)C1=O. The smallest absolute Gasteiger partial charge is 0.151 e. The number of nitrogens with one attached hydrogen (secondary N) is 2. The maximum absolute atomic E-state index is 12.5. The Bertz CT molecular complexity index is 748. The Labute approximate surface area is 141 Å². The summed E-state index contributed by atoms with van der Waals surface area (Å²) in [6.45, 7) is 5.71. The number of ketones is 2. The fourth-order valence-electron chi connectivity index (χ4n) is 3.29. The molecule has 1 aromatic rings. The molecule has 1 aromatic carbocycles. The van der Waals surface area contributed by atoms with Crippen molar-refractivity contribution >= 4 is 23.5 Å². The number of hydrogen-bond donors (Lipinski definition) is 2. The number of benzene rings is 1. The lowest BCUT2D eigenvalue weighted by atomic mass is 9.87. The first-order valence-corrected chi connectivity index (χ1v) is 7.97. The van der Waals surface area contributed by atoms with Gasteiger partial charge in [0.1, 0.15) is 17.8 Å². The standard InChI is InChI=1S/C19H21N3O2/c1-4-14-7-16(23)18(19(14)24)17-11(2)5-15(6-12(17)3)22-10-13(8-20)9-21/h5-6,8,10,14,18,20,22H,4,7H2,1-3H3/b13-10+,20-8?. The van der Waals surface area contributed by atoms with Gasteiger partial charge in [-0.15, -0.1) is 0 Å². The van der Waals surface area contributed by atoms with Gasteiger partial charge < -0.3 is 10.7 Å². The number of anilines is 1. The van der Waals surface area contributed by atoms with E-state index in [-0.39, 0.29) is 23.1 Å². The Morgan fingerprint density at radius 1 is 1.38 bits per heavy atom. The van der Waals surface area contributed by atoms with Gasteiger partial charge in [-0.1, -0.05) is 6.92 Å². The summed E-state index contributed by atoms with van der Waals surface area (Å²) in [6, 6.07) is 5.61. The molecule has 124 valence electrons. The Morgan fingerprint density at radius 3 is 2.46 bits per heavy atom. The molecule has 1 saturated carbocycles. The van der Waals surface area contributed by atoms with E-state index in [1.807, 2.05) is 39.0 Å². The fourth-order valence-corrected chi connectivity index (χ4v) is 3.29. The van der Waals surface area contributed by atoms with E-state index in [1.54, 1.807) is 0 Å². The molecule has 2 unspecified atom stereocenters. The largest absolute Gasteiger partial charge is 0.360 e. The van der Waals surface area contributed by atoms with Crippen LogP contribution in [0.3, 0.4) is 0 Å². The van der Waals surface area contributed by atoms with Gasteiger partial charge in [0.15, 0.2) is 5.78 Å². The molecule has 1 fully saturated rings. The molecule has 24 heavy (non-hydrogen) atoms. The second-order valence-corrected chi connectivity index (χ2v) is 6.13. The van der Waals surface area contributed by atoms with Crippen LogP contribution in [0.5, 0.6) is 0 Å². The quantitative estimate of drug-likeness (QED) is 0.493. The molecule has 0 aromatic heterocycles. The molecule has 5 heteroatoms. The Hall–Kier alpha value is -2.74. The third kappa shape index (κ3) is 3.28. The Kier molecular flexibility index (Phi) is 5.30. The molecule has 1 aliphatic rings. The minimum absolute atomic E-state index is 0.00854. The summed E-state index contributed by atoms with van der Waals surface area (Å²) in [4.78, 5) is 24.9. The number of carbonyl (C=O) groups is 2. The number of Topliss-reactive ketones (excluding diaryl/α,β-unsaturated/α-hetero) is 2. The van der Waals surface area contributed by atoms with Crippen LogP contribution >= 0.6 is 0 Å². The first-order valence-electron chi connectivity index (χ1n) is 7.97. The number of allylic oxidation sites excluding steroid dienone is 1. The lowest BCUT2D eigenvalue weighted by Crippen LogP contribution is -2.17. The molecular formula is C19H21N3O2. The molecule has 0 amide bonds. The van der Waals surface area contributed by atoms with Crippen molar-refractivity contribution < 1.29 is 9.59 Å². The molecule has 2 N–H and O–H groups in total. The van der Waals surface area contributed by atoms with Gasteiger partial charge in [0.25, 0.3) is 0 Å². The highest BCUT2D eigenvalue weighted by atomic mass is 16.2. The van der Waals surface area contributed by atoms with Crippen LogP contribution in [0.4, 0.5) is 5.69 Å². The van der Waals surface area contributed by atoms with E-state index in [2.05, 4.69) is 5.32 Å². The molecule has 1 aliphatic carbocycles. The Balaban J connectivity index is 2.36. The minimum Gasteiger partial charge on any atom is -0.360 e. The maximum Gasteiger partial charge on any atom is 0.151 e.